The number of imide groups is 1. The van der Waals surface area contributed by atoms with Gasteiger partial charge in [-0.05, 0) is 67.1 Å². The highest BCUT2D eigenvalue weighted by atomic mass is 79.9. The van der Waals surface area contributed by atoms with Gasteiger partial charge in [-0.2, -0.15) is 0 Å². The van der Waals surface area contributed by atoms with Crippen molar-refractivity contribution >= 4 is 68.1 Å². The number of halogens is 2. The number of thioether (sulfide) groups is 1. The van der Waals surface area contributed by atoms with Gasteiger partial charge in [0.15, 0.2) is 11.5 Å². The minimum atomic E-state index is -0.557. The average molecular weight is 616 g/mol. The fraction of sp³-hybridized carbons (Fsp3) is 0.179. The quantitative estimate of drug-likeness (QED) is 0.259. The Hall–Kier alpha value is -3.27. The molecule has 1 saturated heterocycles. The van der Waals surface area contributed by atoms with Gasteiger partial charge in [-0.15, -0.1) is 0 Å². The molecule has 0 atom stereocenters. The summed E-state index contributed by atoms with van der Waals surface area (Å²) in [6.45, 7) is 4.24. The molecule has 10 heteroatoms. The summed E-state index contributed by atoms with van der Waals surface area (Å²) < 4.78 is 12.5. The number of rotatable bonds is 9. The van der Waals surface area contributed by atoms with E-state index >= 15 is 0 Å². The molecule has 196 valence electrons. The molecule has 0 spiro atoms. The highest BCUT2D eigenvalue weighted by Gasteiger charge is 2.36. The average Bonchev–Trinajstić information content (AvgIpc) is 3.13. The van der Waals surface area contributed by atoms with Crippen molar-refractivity contribution in [3.63, 3.8) is 0 Å². The first-order chi connectivity index (χ1) is 18.2. The maximum Gasteiger partial charge on any atom is 0.294 e. The van der Waals surface area contributed by atoms with Gasteiger partial charge in [0.2, 0.25) is 5.91 Å². The van der Waals surface area contributed by atoms with Crippen LogP contribution >= 0.6 is 39.3 Å². The van der Waals surface area contributed by atoms with E-state index < -0.39 is 23.6 Å². The van der Waals surface area contributed by atoms with Gasteiger partial charge < -0.3 is 14.8 Å². The molecule has 0 saturated carbocycles. The Morgan fingerprint density at radius 3 is 2.58 bits per heavy atom. The van der Waals surface area contributed by atoms with E-state index in [0.717, 1.165) is 27.8 Å². The maximum absolute atomic E-state index is 13.0. The number of nitrogens with zero attached hydrogens (tertiary/aromatic N) is 1. The summed E-state index contributed by atoms with van der Waals surface area (Å²) in [5.41, 5.74) is 3.20. The van der Waals surface area contributed by atoms with E-state index in [1.807, 2.05) is 32.0 Å². The number of hydrogen-bond donors (Lipinski definition) is 1. The first-order valence-corrected chi connectivity index (χ1v) is 13.7. The van der Waals surface area contributed by atoms with E-state index in [4.69, 9.17) is 21.1 Å². The molecule has 1 aliphatic heterocycles. The van der Waals surface area contributed by atoms with Crippen LogP contribution < -0.4 is 14.8 Å². The summed E-state index contributed by atoms with van der Waals surface area (Å²) in [6.07, 6.45) is 1.59. The van der Waals surface area contributed by atoms with Crippen molar-refractivity contribution < 1.29 is 23.9 Å². The van der Waals surface area contributed by atoms with Gasteiger partial charge in [0.05, 0.1) is 22.2 Å². The summed E-state index contributed by atoms with van der Waals surface area (Å²) in [5, 5.41) is 2.45. The van der Waals surface area contributed by atoms with Crippen molar-refractivity contribution in [3.05, 3.63) is 91.8 Å². The second kappa shape index (κ2) is 12.5. The van der Waals surface area contributed by atoms with Crippen molar-refractivity contribution in [2.45, 2.75) is 20.5 Å². The topological polar surface area (TPSA) is 84.9 Å². The standard InChI is InChI=1S/C28H24BrClN2O5S/c1-3-36-23-12-19(20(29)14-24(23)37-16-18-8-6-7-17(2)11-18)13-25-27(34)32(28(35)38-25)15-26(33)31-22-10-5-4-9-21(22)30/h4-14H,3,15-16H2,1-2H3,(H,31,33)/b25-13+. The number of aryl methyl sites for hydroxylation is 1. The SMILES string of the molecule is CCOc1cc(/C=C2/SC(=O)N(CC(=O)Nc3ccccc3Cl)C2=O)c(Br)cc1OCc1cccc(C)c1. The molecule has 1 N–H and O–H groups in total. The molecule has 0 aliphatic carbocycles. The largest absolute Gasteiger partial charge is 0.490 e. The predicted octanol–water partition coefficient (Wildman–Crippen LogP) is 7.06. The second-order valence-electron chi connectivity index (χ2n) is 8.33. The number of carbonyl (C=O) groups excluding carboxylic acids is 3. The minimum Gasteiger partial charge on any atom is -0.490 e. The molecular weight excluding hydrogens is 592 g/mol. The van der Waals surface area contributed by atoms with Gasteiger partial charge in [0, 0.05) is 4.47 Å². The number of nitrogens with one attached hydrogen (secondary N) is 1. The van der Waals surface area contributed by atoms with E-state index in [9.17, 15) is 14.4 Å². The third-order valence-corrected chi connectivity index (χ3v) is 7.37. The molecule has 3 amide bonds. The zero-order valence-electron chi connectivity index (χ0n) is 20.6. The van der Waals surface area contributed by atoms with E-state index in [-0.39, 0.29) is 4.91 Å². The molecule has 1 heterocycles. The fourth-order valence-corrected chi connectivity index (χ4v) is 5.13. The minimum absolute atomic E-state index is 0.192. The zero-order valence-corrected chi connectivity index (χ0v) is 23.8. The molecule has 0 bridgehead atoms. The number of carbonyl (C=O) groups is 3. The third-order valence-electron chi connectivity index (χ3n) is 5.45. The van der Waals surface area contributed by atoms with Crippen LogP contribution in [0.15, 0.2) is 70.0 Å². The lowest BCUT2D eigenvalue weighted by molar-refractivity contribution is -0.127. The molecule has 7 nitrogen and oxygen atoms in total. The molecule has 1 aliphatic rings. The van der Waals surface area contributed by atoms with Gasteiger partial charge in [0.1, 0.15) is 13.2 Å². The second-order valence-corrected chi connectivity index (χ2v) is 10.6. The van der Waals surface area contributed by atoms with E-state index in [2.05, 4.69) is 27.3 Å². The smallest absolute Gasteiger partial charge is 0.294 e. The van der Waals surface area contributed by atoms with Gasteiger partial charge in [-0.3, -0.25) is 19.3 Å². The number of anilines is 1. The highest BCUT2D eigenvalue weighted by Crippen LogP contribution is 2.38. The number of para-hydroxylation sites is 1. The summed E-state index contributed by atoms with van der Waals surface area (Å²) in [7, 11) is 0. The van der Waals surface area contributed by atoms with Crippen LogP contribution in [-0.4, -0.2) is 35.1 Å². The molecule has 0 unspecified atom stereocenters. The molecule has 0 aromatic heterocycles. The number of ether oxygens (including phenoxy) is 2. The van der Waals surface area contributed by atoms with Crippen LogP contribution in [-0.2, 0) is 16.2 Å². The lowest BCUT2D eigenvalue weighted by atomic mass is 10.1. The number of benzene rings is 3. The van der Waals surface area contributed by atoms with Crippen LogP contribution in [0.3, 0.4) is 0 Å². The summed E-state index contributed by atoms with van der Waals surface area (Å²) in [5.74, 6) is -0.0369. The van der Waals surface area contributed by atoms with Crippen molar-refractivity contribution in [3.8, 4) is 11.5 Å². The Kier molecular flexibility index (Phi) is 9.14. The lowest BCUT2D eigenvalue weighted by Crippen LogP contribution is -2.36. The Bertz CT molecular complexity index is 1430. The normalized spacial score (nSPS) is 14.2. The molecule has 3 aromatic carbocycles. The molecular formula is C28H24BrClN2O5S. The summed E-state index contributed by atoms with van der Waals surface area (Å²) in [4.78, 5) is 39.1. The summed E-state index contributed by atoms with van der Waals surface area (Å²) >= 11 is 10.4. The third kappa shape index (κ3) is 6.78. The first-order valence-electron chi connectivity index (χ1n) is 11.7. The van der Waals surface area contributed by atoms with Crippen LogP contribution in [0.25, 0.3) is 6.08 Å². The van der Waals surface area contributed by atoms with Gasteiger partial charge in [-0.1, -0.05) is 69.5 Å². The van der Waals surface area contributed by atoms with Gasteiger partial charge in [-0.25, -0.2) is 0 Å². The Balaban J connectivity index is 1.50. The lowest BCUT2D eigenvalue weighted by Gasteiger charge is -2.15. The first kappa shape index (κ1) is 27.8. The Labute approximate surface area is 238 Å². The van der Waals surface area contributed by atoms with Crippen LogP contribution in [0.5, 0.6) is 11.5 Å². The van der Waals surface area contributed by atoms with Crippen molar-refractivity contribution in [2.24, 2.45) is 0 Å². The van der Waals surface area contributed by atoms with Crippen molar-refractivity contribution in [1.29, 1.82) is 0 Å². The molecule has 0 radical (unpaired) electrons. The molecule has 4 rings (SSSR count). The van der Waals surface area contributed by atoms with Crippen molar-refractivity contribution in [2.75, 3.05) is 18.5 Å². The molecule has 38 heavy (non-hydrogen) atoms. The van der Waals surface area contributed by atoms with Crippen LogP contribution in [0.4, 0.5) is 10.5 Å². The maximum atomic E-state index is 13.0. The highest BCUT2D eigenvalue weighted by molar-refractivity contribution is 9.10. The van der Waals surface area contributed by atoms with Crippen LogP contribution in [0.2, 0.25) is 5.02 Å². The number of amides is 3. The monoisotopic (exact) mass is 614 g/mol. The van der Waals surface area contributed by atoms with Crippen LogP contribution in [0, 0.1) is 6.92 Å². The molecule has 1 fully saturated rings. The van der Waals surface area contributed by atoms with E-state index in [0.29, 0.717) is 45.5 Å². The van der Waals surface area contributed by atoms with Gasteiger partial charge >= 0.3 is 0 Å². The predicted molar refractivity (Wildman–Crippen MR) is 154 cm³/mol. The summed E-state index contributed by atoms with van der Waals surface area (Å²) in [6, 6.07) is 18.3. The Morgan fingerprint density at radius 2 is 1.84 bits per heavy atom. The fourth-order valence-electron chi connectivity index (χ4n) is 3.68. The molecule has 3 aromatic rings. The zero-order chi connectivity index (χ0) is 27.2. The van der Waals surface area contributed by atoms with Crippen molar-refractivity contribution in [1.82, 2.24) is 4.90 Å². The number of hydrogen-bond acceptors (Lipinski definition) is 6. The van der Waals surface area contributed by atoms with Gasteiger partial charge in [0.25, 0.3) is 11.1 Å². The van der Waals surface area contributed by atoms with E-state index in [1.54, 1.807) is 42.5 Å². The van der Waals surface area contributed by atoms with E-state index in [1.165, 1.54) is 0 Å². The Morgan fingerprint density at radius 1 is 1.08 bits per heavy atom. The van der Waals surface area contributed by atoms with Crippen LogP contribution in [0.1, 0.15) is 23.6 Å².